The summed E-state index contributed by atoms with van der Waals surface area (Å²) in [6.45, 7) is 3.67. The predicted molar refractivity (Wildman–Crippen MR) is 65.9 cm³/mol. The second kappa shape index (κ2) is 5.69. The molecule has 0 amide bonds. The van der Waals surface area contributed by atoms with Crippen LogP contribution in [0.15, 0.2) is 12.2 Å². The van der Waals surface area contributed by atoms with Crippen molar-refractivity contribution in [3.63, 3.8) is 0 Å². The maximum Gasteiger partial charge on any atom is 0.0105 e. The standard InChI is InChI=1S/C14H25N/c1-12-7-9-13(10-8-12)11-15-14-5-3-2-4-6-14/h2-3,12-15H,4-11H2,1H3. The normalized spacial score (nSPS) is 36.7. The molecule has 15 heavy (non-hydrogen) atoms. The Morgan fingerprint density at radius 3 is 2.53 bits per heavy atom. The van der Waals surface area contributed by atoms with Crippen LogP contribution in [-0.4, -0.2) is 12.6 Å². The summed E-state index contributed by atoms with van der Waals surface area (Å²) in [5, 5.41) is 3.75. The molecular weight excluding hydrogens is 182 g/mol. The van der Waals surface area contributed by atoms with E-state index in [1.165, 1.54) is 51.5 Å². The van der Waals surface area contributed by atoms with Crippen LogP contribution in [0.3, 0.4) is 0 Å². The number of hydrogen-bond donors (Lipinski definition) is 1. The molecule has 2 rings (SSSR count). The van der Waals surface area contributed by atoms with Gasteiger partial charge in [0.05, 0.1) is 0 Å². The maximum atomic E-state index is 3.75. The Morgan fingerprint density at radius 1 is 1.07 bits per heavy atom. The van der Waals surface area contributed by atoms with E-state index in [-0.39, 0.29) is 0 Å². The third kappa shape index (κ3) is 3.64. The molecule has 86 valence electrons. The Balaban J connectivity index is 1.63. The highest BCUT2D eigenvalue weighted by atomic mass is 14.9. The van der Waals surface area contributed by atoms with Gasteiger partial charge in [-0.1, -0.05) is 31.9 Å². The third-order valence-corrected chi connectivity index (χ3v) is 4.10. The molecule has 0 aliphatic heterocycles. The number of hydrogen-bond acceptors (Lipinski definition) is 1. The molecule has 1 saturated carbocycles. The Labute approximate surface area is 94.3 Å². The van der Waals surface area contributed by atoms with Crippen LogP contribution in [0.1, 0.15) is 51.9 Å². The van der Waals surface area contributed by atoms with Gasteiger partial charge in [-0.3, -0.25) is 0 Å². The predicted octanol–water partition coefficient (Wildman–Crippen LogP) is 3.51. The molecule has 0 spiro atoms. The van der Waals surface area contributed by atoms with E-state index in [9.17, 15) is 0 Å². The lowest BCUT2D eigenvalue weighted by Crippen LogP contribution is -2.35. The van der Waals surface area contributed by atoms with Gasteiger partial charge < -0.3 is 5.32 Å². The minimum Gasteiger partial charge on any atom is -0.313 e. The Morgan fingerprint density at radius 2 is 1.87 bits per heavy atom. The molecule has 1 nitrogen and oxygen atoms in total. The quantitative estimate of drug-likeness (QED) is 0.698. The summed E-state index contributed by atoms with van der Waals surface area (Å²) in [6, 6.07) is 0.773. The number of allylic oxidation sites excluding steroid dienone is 1. The molecule has 1 N–H and O–H groups in total. The maximum absolute atomic E-state index is 3.75. The topological polar surface area (TPSA) is 12.0 Å². The third-order valence-electron chi connectivity index (χ3n) is 4.10. The van der Waals surface area contributed by atoms with Gasteiger partial charge in [0.15, 0.2) is 0 Å². The van der Waals surface area contributed by atoms with Crippen LogP contribution < -0.4 is 5.32 Å². The fourth-order valence-electron chi connectivity index (χ4n) is 2.85. The zero-order valence-electron chi connectivity index (χ0n) is 10.0. The lowest BCUT2D eigenvalue weighted by Gasteiger charge is -2.28. The SMILES string of the molecule is CC1CCC(CNC2CC=CCC2)CC1. The smallest absolute Gasteiger partial charge is 0.0105 e. The first-order valence-corrected chi connectivity index (χ1v) is 6.73. The lowest BCUT2D eigenvalue weighted by atomic mass is 9.83. The molecule has 0 aromatic carbocycles. The first-order valence-electron chi connectivity index (χ1n) is 6.73. The number of nitrogens with one attached hydrogen (secondary N) is 1. The summed E-state index contributed by atoms with van der Waals surface area (Å²) in [5.41, 5.74) is 0. The zero-order chi connectivity index (χ0) is 10.5. The van der Waals surface area contributed by atoms with Gasteiger partial charge >= 0.3 is 0 Å². The minimum atomic E-state index is 0.773. The summed E-state index contributed by atoms with van der Waals surface area (Å²) < 4.78 is 0. The lowest BCUT2D eigenvalue weighted by molar-refractivity contribution is 0.271. The number of rotatable bonds is 3. The van der Waals surface area contributed by atoms with Gasteiger partial charge in [-0.2, -0.15) is 0 Å². The Bertz CT molecular complexity index is 201. The van der Waals surface area contributed by atoms with Crippen LogP contribution in [-0.2, 0) is 0 Å². The Hall–Kier alpha value is -0.300. The summed E-state index contributed by atoms with van der Waals surface area (Å²) >= 11 is 0. The van der Waals surface area contributed by atoms with Crippen LogP contribution in [0, 0.1) is 11.8 Å². The second-order valence-corrected chi connectivity index (χ2v) is 5.52. The van der Waals surface area contributed by atoms with Crippen molar-refractivity contribution in [2.45, 2.75) is 57.9 Å². The van der Waals surface area contributed by atoms with E-state index in [1.807, 2.05) is 0 Å². The molecule has 0 aromatic heterocycles. The van der Waals surface area contributed by atoms with Gasteiger partial charge in [-0.15, -0.1) is 0 Å². The highest BCUT2D eigenvalue weighted by Crippen LogP contribution is 2.27. The molecule has 0 aromatic rings. The van der Waals surface area contributed by atoms with Crippen molar-refractivity contribution in [1.82, 2.24) is 5.32 Å². The largest absolute Gasteiger partial charge is 0.313 e. The van der Waals surface area contributed by atoms with E-state index in [0.29, 0.717) is 0 Å². The average molecular weight is 207 g/mol. The molecule has 1 unspecified atom stereocenters. The van der Waals surface area contributed by atoms with E-state index in [4.69, 9.17) is 0 Å². The second-order valence-electron chi connectivity index (χ2n) is 5.52. The summed E-state index contributed by atoms with van der Waals surface area (Å²) in [4.78, 5) is 0. The molecule has 1 fully saturated rings. The van der Waals surface area contributed by atoms with Crippen LogP contribution in [0.25, 0.3) is 0 Å². The summed E-state index contributed by atoms with van der Waals surface area (Å²) in [7, 11) is 0. The van der Waals surface area contributed by atoms with Crippen molar-refractivity contribution in [2.75, 3.05) is 6.54 Å². The highest BCUT2D eigenvalue weighted by Gasteiger charge is 2.19. The van der Waals surface area contributed by atoms with Gasteiger partial charge in [0.2, 0.25) is 0 Å². The molecule has 1 atom stereocenters. The monoisotopic (exact) mass is 207 g/mol. The fourth-order valence-corrected chi connectivity index (χ4v) is 2.85. The molecule has 0 heterocycles. The average Bonchev–Trinajstić information content (AvgIpc) is 2.30. The minimum absolute atomic E-state index is 0.773. The van der Waals surface area contributed by atoms with Crippen LogP contribution in [0.5, 0.6) is 0 Å². The van der Waals surface area contributed by atoms with Crippen LogP contribution in [0.4, 0.5) is 0 Å². The first kappa shape index (κ1) is 11.2. The fraction of sp³-hybridized carbons (Fsp3) is 0.857. The highest BCUT2D eigenvalue weighted by molar-refractivity contribution is 4.93. The van der Waals surface area contributed by atoms with Gasteiger partial charge in [0.1, 0.15) is 0 Å². The van der Waals surface area contributed by atoms with Crippen molar-refractivity contribution in [3.05, 3.63) is 12.2 Å². The molecule has 0 radical (unpaired) electrons. The van der Waals surface area contributed by atoms with Crippen molar-refractivity contribution in [2.24, 2.45) is 11.8 Å². The summed E-state index contributed by atoms with van der Waals surface area (Å²) in [6.07, 6.45) is 14.4. The molecule has 0 bridgehead atoms. The van der Waals surface area contributed by atoms with Crippen molar-refractivity contribution in [1.29, 1.82) is 0 Å². The van der Waals surface area contributed by atoms with E-state index in [1.54, 1.807) is 0 Å². The van der Waals surface area contributed by atoms with Crippen molar-refractivity contribution < 1.29 is 0 Å². The first-order chi connectivity index (χ1) is 7.34. The molecule has 0 saturated heterocycles. The summed E-state index contributed by atoms with van der Waals surface area (Å²) in [5.74, 6) is 1.95. The van der Waals surface area contributed by atoms with Gasteiger partial charge in [-0.05, 0) is 50.5 Å². The van der Waals surface area contributed by atoms with E-state index in [2.05, 4.69) is 24.4 Å². The van der Waals surface area contributed by atoms with Crippen LogP contribution >= 0.6 is 0 Å². The molecule has 2 aliphatic rings. The molecule has 1 heteroatoms. The van der Waals surface area contributed by atoms with Gasteiger partial charge in [0.25, 0.3) is 0 Å². The molecule has 2 aliphatic carbocycles. The van der Waals surface area contributed by atoms with Crippen molar-refractivity contribution in [3.8, 4) is 0 Å². The van der Waals surface area contributed by atoms with E-state index in [0.717, 1.165) is 17.9 Å². The van der Waals surface area contributed by atoms with Gasteiger partial charge in [0, 0.05) is 6.04 Å². The Kier molecular flexibility index (Phi) is 4.25. The molecular formula is C14H25N. The van der Waals surface area contributed by atoms with E-state index >= 15 is 0 Å². The van der Waals surface area contributed by atoms with Crippen LogP contribution in [0.2, 0.25) is 0 Å². The zero-order valence-corrected chi connectivity index (χ0v) is 10.0. The van der Waals surface area contributed by atoms with E-state index < -0.39 is 0 Å². The van der Waals surface area contributed by atoms with Crippen molar-refractivity contribution >= 4 is 0 Å². The van der Waals surface area contributed by atoms with Gasteiger partial charge in [-0.25, -0.2) is 0 Å².